The van der Waals surface area contributed by atoms with Gasteiger partial charge in [-0.2, -0.15) is 0 Å². The predicted molar refractivity (Wildman–Crippen MR) is 87.3 cm³/mol. The van der Waals surface area contributed by atoms with Crippen LogP contribution in [0.2, 0.25) is 0 Å². The minimum Gasteiger partial charge on any atom is -0.455 e. The third kappa shape index (κ3) is 3.14. The first kappa shape index (κ1) is 16.5. The van der Waals surface area contributed by atoms with E-state index in [4.69, 9.17) is 9.26 Å². The van der Waals surface area contributed by atoms with Crippen LogP contribution >= 0.6 is 0 Å². The van der Waals surface area contributed by atoms with Crippen molar-refractivity contribution in [3.8, 4) is 0 Å². The minimum absolute atomic E-state index is 0.0269. The molecule has 1 atom stereocenters. The van der Waals surface area contributed by atoms with E-state index in [-0.39, 0.29) is 12.6 Å². The average Bonchev–Trinajstić information content (AvgIpc) is 3.05. The van der Waals surface area contributed by atoms with Crippen LogP contribution in [0, 0.1) is 6.92 Å². The van der Waals surface area contributed by atoms with Crippen molar-refractivity contribution in [3.05, 3.63) is 46.8 Å². The second-order valence-corrected chi connectivity index (χ2v) is 7.82. The lowest BCUT2D eigenvalue weighted by atomic mass is 10.1. The van der Waals surface area contributed by atoms with E-state index in [0.29, 0.717) is 29.1 Å². The van der Waals surface area contributed by atoms with Crippen LogP contribution < -0.4 is 4.31 Å². The van der Waals surface area contributed by atoms with E-state index in [1.807, 2.05) is 6.92 Å². The summed E-state index contributed by atoms with van der Waals surface area (Å²) in [5, 5.41) is 3.76. The van der Waals surface area contributed by atoms with Crippen molar-refractivity contribution in [3.63, 3.8) is 0 Å². The minimum atomic E-state index is -3.34. The van der Waals surface area contributed by atoms with Gasteiger partial charge >= 0.3 is 5.97 Å². The Labute approximate surface area is 140 Å². The van der Waals surface area contributed by atoms with Gasteiger partial charge in [0.2, 0.25) is 10.0 Å². The standard InChI is InChI=1S/C16H18N2O5S/c1-10-6-13-8-12(4-5-15(13)18(10)24(3,20)21)16(19)22-9-14-7-11(2)23-17-14/h4-5,7-8,10H,6,9H2,1-3H3/t10-/m0/s1. The molecule has 1 aliphatic heterocycles. The van der Waals surface area contributed by atoms with Crippen LogP contribution in [0.25, 0.3) is 0 Å². The number of benzene rings is 1. The van der Waals surface area contributed by atoms with Gasteiger partial charge in [0.15, 0.2) is 0 Å². The first-order chi connectivity index (χ1) is 11.3. The van der Waals surface area contributed by atoms with E-state index in [1.165, 1.54) is 10.6 Å². The summed E-state index contributed by atoms with van der Waals surface area (Å²) in [6.07, 6.45) is 1.74. The van der Waals surface area contributed by atoms with Crippen LogP contribution in [0.3, 0.4) is 0 Å². The molecule has 0 bridgehead atoms. The second-order valence-electron chi connectivity index (χ2n) is 5.96. The summed E-state index contributed by atoms with van der Waals surface area (Å²) in [7, 11) is -3.34. The number of nitrogens with zero attached hydrogens (tertiary/aromatic N) is 2. The Morgan fingerprint density at radius 2 is 2.17 bits per heavy atom. The number of esters is 1. The van der Waals surface area contributed by atoms with Gasteiger partial charge in [-0.3, -0.25) is 4.31 Å². The van der Waals surface area contributed by atoms with Gasteiger partial charge in [-0.1, -0.05) is 5.16 Å². The Hall–Kier alpha value is -2.35. The number of carbonyl (C=O) groups is 1. The molecule has 1 aromatic heterocycles. The highest BCUT2D eigenvalue weighted by atomic mass is 32.2. The molecule has 0 unspecified atom stereocenters. The first-order valence-corrected chi connectivity index (χ1v) is 9.32. The van der Waals surface area contributed by atoms with Crippen molar-refractivity contribution in [2.75, 3.05) is 10.6 Å². The van der Waals surface area contributed by atoms with Gasteiger partial charge in [-0.05, 0) is 44.0 Å². The third-order valence-electron chi connectivity index (χ3n) is 3.85. The monoisotopic (exact) mass is 350 g/mol. The largest absolute Gasteiger partial charge is 0.455 e. The maximum absolute atomic E-state index is 12.2. The Bertz CT molecular complexity index is 888. The van der Waals surface area contributed by atoms with E-state index in [9.17, 15) is 13.2 Å². The molecule has 1 aromatic carbocycles. The smallest absolute Gasteiger partial charge is 0.338 e. The van der Waals surface area contributed by atoms with E-state index in [1.54, 1.807) is 31.2 Å². The van der Waals surface area contributed by atoms with Crippen molar-refractivity contribution < 1.29 is 22.5 Å². The molecule has 7 nitrogen and oxygen atoms in total. The van der Waals surface area contributed by atoms with Crippen LogP contribution in [-0.2, 0) is 27.8 Å². The molecule has 3 rings (SSSR count). The number of rotatable bonds is 4. The van der Waals surface area contributed by atoms with E-state index < -0.39 is 16.0 Å². The Kier molecular flexibility index (Phi) is 4.08. The molecule has 0 fully saturated rings. The Morgan fingerprint density at radius 3 is 2.79 bits per heavy atom. The second kappa shape index (κ2) is 5.94. The predicted octanol–water partition coefficient (Wildman–Crippen LogP) is 2.05. The molecule has 0 saturated carbocycles. The molecule has 0 aliphatic carbocycles. The number of anilines is 1. The van der Waals surface area contributed by atoms with Crippen molar-refractivity contribution in [2.45, 2.75) is 32.9 Å². The van der Waals surface area contributed by atoms with Crippen LogP contribution in [0.15, 0.2) is 28.8 Å². The molecule has 0 radical (unpaired) electrons. The van der Waals surface area contributed by atoms with Crippen molar-refractivity contribution in [1.82, 2.24) is 5.16 Å². The van der Waals surface area contributed by atoms with Gasteiger partial charge in [0.1, 0.15) is 18.1 Å². The van der Waals surface area contributed by atoms with Gasteiger partial charge in [0, 0.05) is 12.1 Å². The highest BCUT2D eigenvalue weighted by molar-refractivity contribution is 7.92. The summed E-state index contributed by atoms with van der Waals surface area (Å²) < 4.78 is 35.3. The number of carbonyl (C=O) groups excluding carboxylic acids is 1. The number of aromatic nitrogens is 1. The van der Waals surface area contributed by atoms with Crippen LogP contribution in [0.1, 0.15) is 34.3 Å². The molecule has 8 heteroatoms. The maximum atomic E-state index is 12.2. The SMILES string of the molecule is Cc1cc(COC(=O)c2ccc3c(c2)C[C@H](C)N3S(C)(=O)=O)no1. The molecule has 0 saturated heterocycles. The number of hydrogen-bond acceptors (Lipinski definition) is 6. The molecule has 2 heterocycles. The van der Waals surface area contributed by atoms with Gasteiger partial charge < -0.3 is 9.26 Å². The molecule has 2 aromatic rings. The molecule has 128 valence electrons. The van der Waals surface area contributed by atoms with Gasteiger partial charge in [-0.25, -0.2) is 13.2 Å². The average molecular weight is 350 g/mol. The zero-order valence-corrected chi connectivity index (χ0v) is 14.5. The van der Waals surface area contributed by atoms with Crippen LogP contribution in [0.5, 0.6) is 0 Å². The first-order valence-electron chi connectivity index (χ1n) is 7.47. The highest BCUT2D eigenvalue weighted by Gasteiger charge is 2.32. The third-order valence-corrected chi connectivity index (χ3v) is 5.12. The van der Waals surface area contributed by atoms with Crippen molar-refractivity contribution >= 4 is 21.7 Å². The zero-order chi connectivity index (χ0) is 17.5. The van der Waals surface area contributed by atoms with Gasteiger partial charge in [0.05, 0.1) is 17.5 Å². The topological polar surface area (TPSA) is 89.7 Å². The van der Waals surface area contributed by atoms with Crippen LogP contribution in [0.4, 0.5) is 5.69 Å². The lowest BCUT2D eigenvalue weighted by Crippen LogP contribution is -2.34. The summed E-state index contributed by atoms with van der Waals surface area (Å²) in [5.41, 5.74) is 2.36. The molecule has 0 amide bonds. The van der Waals surface area contributed by atoms with E-state index >= 15 is 0 Å². The molecule has 24 heavy (non-hydrogen) atoms. The van der Waals surface area contributed by atoms with Crippen molar-refractivity contribution in [2.24, 2.45) is 0 Å². The normalized spacial score (nSPS) is 17.0. The van der Waals surface area contributed by atoms with Gasteiger partial charge in [0.25, 0.3) is 0 Å². The summed E-state index contributed by atoms with van der Waals surface area (Å²) in [6.45, 7) is 3.62. The molecular weight excluding hydrogens is 332 g/mol. The Balaban J connectivity index is 1.77. The lowest BCUT2D eigenvalue weighted by Gasteiger charge is -2.21. The van der Waals surface area contributed by atoms with E-state index in [2.05, 4.69) is 5.16 Å². The number of sulfonamides is 1. The highest BCUT2D eigenvalue weighted by Crippen LogP contribution is 2.34. The fourth-order valence-corrected chi connectivity index (χ4v) is 4.21. The molecular formula is C16H18N2O5S. The quantitative estimate of drug-likeness (QED) is 0.784. The molecule has 0 N–H and O–H groups in total. The Morgan fingerprint density at radius 1 is 1.42 bits per heavy atom. The number of hydrogen-bond donors (Lipinski definition) is 0. The summed E-state index contributed by atoms with van der Waals surface area (Å²) in [5.74, 6) is 0.164. The maximum Gasteiger partial charge on any atom is 0.338 e. The summed E-state index contributed by atoms with van der Waals surface area (Å²) in [6, 6.07) is 6.44. The fraction of sp³-hybridized carbons (Fsp3) is 0.375. The number of fused-ring (bicyclic) bond motifs is 1. The number of aryl methyl sites for hydroxylation is 1. The fourth-order valence-electron chi connectivity index (χ4n) is 2.94. The van der Waals surface area contributed by atoms with Gasteiger partial charge in [-0.15, -0.1) is 0 Å². The molecule has 1 aliphatic rings. The number of ether oxygens (including phenoxy) is 1. The van der Waals surface area contributed by atoms with Crippen LogP contribution in [-0.4, -0.2) is 31.8 Å². The summed E-state index contributed by atoms with van der Waals surface area (Å²) >= 11 is 0. The van der Waals surface area contributed by atoms with E-state index in [0.717, 1.165) is 5.56 Å². The lowest BCUT2D eigenvalue weighted by molar-refractivity contribution is 0.0464. The summed E-state index contributed by atoms with van der Waals surface area (Å²) in [4.78, 5) is 12.2. The zero-order valence-electron chi connectivity index (χ0n) is 13.6. The van der Waals surface area contributed by atoms with Crippen molar-refractivity contribution in [1.29, 1.82) is 0 Å². The molecule has 0 spiro atoms.